The fraction of sp³-hybridized carbons (Fsp3) is 0.231. The van der Waals surface area contributed by atoms with Crippen LogP contribution in [0.5, 0.6) is 0 Å². The molecule has 0 fully saturated rings. The molecule has 0 saturated heterocycles. The molecule has 1 atom stereocenters. The van der Waals surface area contributed by atoms with E-state index in [1.807, 2.05) is 31.2 Å². The summed E-state index contributed by atoms with van der Waals surface area (Å²) in [5, 5.41) is 0.882. The summed E-state index contributed by atoms with van der Waals surface area (Å²) in [5.74, 6) is -1.40. The maximum absolute atomic E-state index is 11.6. The number of aryl methyl sites for hydroxylation is 1. The molecule has 2 aromatic rings. The Kier molecular flexibility index (Phi) is 2.95. The first kappa shape index (κ1) is 11.4. The first-order valence-electron chi connectivity index (χ1n) is 5.29. The van der Waals surface area contributed by atoms with Crippen molar-refractivity contribution in [3.63, 3.8) is 0 Å². The molecule has 4 nitrogen and oxygen atoms in total. The van der Waals surface area contributed by atoms with Crippen LogP contribution in [0.1, 0.15) is 17.2 Å². The van der Waals surface area contributed by atoms with Crippen LogP contribution in [0.25, 0.3) is 10.9 Å². The van der Waals surface area contributed by atoms with Crippen LogP contribution in [0.15, 0.2) is 24.3 Å². The van der Waals surface area contributed by atoms with E-state index in [-0.39, 0.29) is 0 Å². The van der Waals surface area contributed by atoms with Crippen molar-refractivity contribution in [2.75, 3.05) is 7.11 Å². The number of fused-ring (bicyclic) bond motifs is 1. The number of benzene rings is 1. The molecule has 1 aromatic carbocycles. The van der Waals surface area contributed by atoms with Crippen LogP contribution in [-0.2, 0) is 14.3 Å². The van der Waals surface area contributed by atoms with Crippen molar-refractivity contribution in [1.82, 2.24) is 4.98 Å². The van der Waals surface area contributed by atoms with Crippen LogP contribution in [-0.4, -0.2) is 24.3 Å². The van der Waals surface area contributed by atoms with Gasteiger partial charge in [-0.05, 0) is 13.0 Å². The first-order valence-corrected chi connectivity index (χ1v) is 5.29. The van der Waals surface area contributed by atoms with E-state index in [9.17, 15) is 9.59 Å². The fourth-order valence-corrected chi connectivity index (χ4v) is 2.07. The van der Waals surface area contributed by atoms with Gasteiger partial charge in [-0.1, -0.05) is 18.2 Å². The summed E-state index contributed by atoms with van der Waals surface area (Å²) in [4.78, 5) is 25.8. The molecule has 1 aromatic heterocycles. The van der Waals surface area contributed by atoms with Gasteiger partial charge in [0.05, 0.1) is 7.11 Å². The first-order chi connectivity index (χ1) is 8.19. The zero-order chi connectivity index (χ0) is 12.4. The van der Waals surface area contributed by atoms with E-state index in [1.165, 1.54) is 7.11 Å². The SMILES string of the molecule is COC(=O)C(C=O)c1c(C)[nH]c2ccccc12. The lowest BCUT2D eigenvalue weighted by molar-refractivity contribution is -0.143. The molecule has 17 heavy (non-hydrogen) atoms. The average molecular weight is 231 g/mol. The Morgan fingerprint density at radius 3 is 2.76 bits per heavy atom. The monoisotopic (exact) mass is 231 g/mol. The molecule has 0 radical (unpaired) electrons. The Bertz CT molecular complexity index is 571. The molecule has 1 heterocycles. The lowest BCUT2D eigenvalue weighted by Crippen LogP contribution is -2.16. The third kappa shape index (κ3) is 1.82. The van der Waals surface area contributed by atoms with Gasteiger partial charge in [0, 0.05) is 22.2 Å². The minimum Gasteiger partial charge on any atom is -0.468 e. The van der Waals surface area contributed by atoms with Crippen LogP contribution in [0, 0.1) is 6.92 Å². The highest BCUT2D eigenvalue weighted by atomic mass is 16.5. The Balaban J connectivity index is 2.64. The van der Waals surface area contributed by atoms with Gasteiger partial charge in [-0.15, -0.1) is 0 Å². The van der Waals surface area contributed by atoms with Crippen molar-refractivity contribution in [3.8, 4) is 0 Å². The van der Waals surface area contributed by atoms with Gasteiger partial charge in [0.15, 0.2) is 0 Å². The number of aldehydes is 1. The number of aromatic amines is 1. The molecule has 1 unspecified atom stereocenters. The van der Waals surface area contributed by atoms with Crippen molar-refractivity contribution in [2.24, 2.45) is 0 Å². The molecule has 0 aliphatic carbocycles. The zero-order valence-electron chi connectivity index (χ0n) is 9.69. The van der Waals surface area contributed by atoms with Crippen molar-refractivity contribution < 1.29 is 14.3 Å². The molecule has 1 N–H and O–H groups in total. The number of aromatic nitrogens is 1. The highest BCUT2D eigenvalue weighted by Gasteiger charge is 2.25. The van der Waals surface area contributed by atoms with Gasteiger partial charge in [0.2, 0.25) is 0 Å². The molecule has 0 bridgehead atoms. The molecule has 88 valence electrons. The molecule has 0 amide bonds. The number of nitrogens with one attached hydrogen (secondary N) is 1. The van der Waals surface area contributed by atoms with Crippen LogP contribution < -0.4 is 0 Å². The van der Waals surface area contributed by atoms with Gasteiger partial charge >= 0.3 is 5.97 Å². The Morgan fingerprint density at radius 2 is 2.12 bits per heavy atom. The highest BCUT2D eigenvalue weighted by molar-refractivity contribution is 6.00. The summed E-state index contributed by atoms with van der Waals surface area (Å²) in [5.41, 5.74) is 2.42. The number of esters is 1. The number of methoxy groups -OCH3 is 1. The second-order valence-electron chi connectivity index (χ2n) is 3.85. The largest absolute Gasteiger partial charge is 0.468 e. The van der Waals surface area contributed by atoms with Crippen molar-refractivity contribution in [3.05, 3.63) is 35.5 Å². The lowest BCUT2D eigenvalue weighted by Gasteiger charge is -2.08. The van der Waals surface area contributed by atoms with E-state index >= 15 is 0 Å². The highest BCUT2D eigenvalue weighted by Crippen LogP contribution is 2.28. The summed E-state index contributed by atoms with van der Waals surface area (Å²) in [6.45, 7) is 1.84. The number of ether oxygens (including phenoxy) is 1. The Morgan fingerprint density at radius 1 is 1.41 bits per heavy atom. The lowest BCUT2D eigenvalue weighted by atomic mass is 9.97. The maximum Gasteiger partial charge on any atom is 0.320 e. The van der Waals surface area contributed by atoms with Crippen LogP contribution in [0.2, 0.25) is 0 Å². The molecule has 2 rings (SSSR count). The number of H-pyrrole nitrogens is 1. The van der Waals surface area contributed by atoms with E-state index in [4.69, 9.17) is 0 Å². The van der Waals surface area contributed by atoms with Crippen LogP contribution in [0.3, 0.4) is 0 Å². The van der Waals surface area contributed by atoms with Gasteiger partial charge in [-0.2, -0.15) is 0 Å². The van der Waals surface area contributed by atoms with Gasteiger partial charge in [0.1, 0.15) is 12.2 Å². The summed E-state index contributed by atoms with van der Waals surface area (Å²) in [6, 6.07) is 7.56. The van der Waals surface area contributed by atoms with Gasteiger partial charge in [-0.3, -0.25) is 4.79 Å². The molecular formula is C13H13NO3. The van der Waals surface area contributed by atoms with E-state index in [1.54, 1.807) is 0 Å². The van der Waals surface area contributed by atoms with E-state index < -0.39 is 11.9 Å². The summed E-state index contributed by atoms with van der Waals surface area (Å²) in [7, 11) is 1.28. The van der Waals surface area contributed by atoms with Crippen molar-refractivity contribution in [1.29, 1.82) is 0 Å². The molecule has 4 heteroatoms. The third-order valence-electron chi connectivity index (χ3n) is 2.85. The standard InChI is InChI=1S/C13H13NO3/c1-8-12(10(7-15)13(16)17-2)9-5-3-4-6-11(9)14-8/h3-7,10,14H,1-2H3. The second kappa shape index (κ2) is 4.41. The number of hydrogen-bond acceptors (Lipinski definition) is 3. The predicted octanol–water partition coefficient (Wildman–Crippen LogP) is 1.93. The average Bonchev–Trinajstić information content (AvgIpc) is 2.67. The number of para-hydroxylation sites is 1. The van der Waals surface area contributed by atoms with E-state index in [0.717, 1.165) is 16.6 Å². The van der Waals surface area contributed by atoms with Gasteiger partial charge in [0.25, 0.3) is 0 Å². The van der Waals surface area contributed by atoms with Gasteiger partial charge < -0.3 is 14.5 Å². The third-order valence-corrected chi connectivity index (χ3v) is 2.85. The Labute approximate surface area is 98.6 Å². The van der Waals surface area contributed by atoms with Crippen LogP contribution in [0.4, 0.5) is 0 Å². The summed E-state index contributed by atoms with van der Waals surface area (Å²) >= 11 is 0. The predicted molar refractivity (Wildman–Crippen MR) is 63.9 cm³/mol. The van der Waals surface area contributed by atoms with Crippen molar-refractivity contribution >= 4 is 23.2 Å². The molecular weight excluding hydrogens is 218 g/mol. The quantitative estimate of drug-likeness (QED) is 0.499. The fourth-order valence-electron chi connectivity index (χ4n) is 2.07. The topological polar surface area (TPSA) is 59.2 Å². The minimum atomic E-state index is -0.865. The number of rotatable bonds is 3. The minimum absolute atomic E-state index is 0.534. The molecule has 0 saturated carbocycles. The molecule has 0 spiro atoms. The number of carbonyl (C=O) groups is 2. The summed E-state index contributed by atoms with van der Waals surface area (Å²) < 4.78 is 4.65. The second-order valence-corrected chi connectivity index (χ2v) is 3.85. The maximum atomic E-state index is 11.6. The van der Waals surface area contributed by atoms with Gasteiger partial charge in [-0.25, -0.2) is 0 Å². The van der Waals surface area contributed by atoms with Crippen LogP contribution >= 0.6 is 0 Å². The zero-order valence-corrected chi connectivity index (χ0v) is 9.69. The Hall–Kier alpha value is -2.10. The molecule has 0 aliphatic heterocycles. The smallest absolute Gasteiger partial charge is 0.320 e. The number of hydrogen-bond donors (Lipinski definition) is 1. The molecule has 0 aliphatic rings. The normalized spacial score (nSPS) is 12.4. The van der Waals surface area contributed by atoms with E-state index in [0.29, 0.717) is 11.8 Å². The van der Waals surface area contributed by atoms with E-state index in [2.05, 4.69) is 9.72 Å². The van der Waals surface area contributed by atoms with Crippen molar-refractivity contribution in [2.45, 2.75) is 12.8 Å². The number of carbonyl (C=O) groups excluding carboxylic acids is 2. The summed E-state index contributed by atoms with van der Waals surface area (Å²) in [6.07, 6.45) is 0.619.